The Morgan fingerprint density at radius 3 is 2.84 bits per heavy atom. The molecule has 1 saturated heterocycles. The molecule has 1 fully saturated rings. The summed E-state index contributed by atoms with van der Waals surface area (Å²) in [6, 6.07) is 13.1. The quantitative estimate of drug-likeness (QED) is 0.420. The second-order valence-electron chi connectivity index (χ2n) is 7.60. The van der Waals surface area contributed by atoms with Gasteiger partial charge in [-0.3, -0.25) is 9.59 Å². The molecule has 1 aliphatic heterocycles. The molecular formula is C24H24N4O4. The molecule has 0 bridgehead atoms. The number of aromatic nitrogens is 1. The Hall–Kier alpha value is -3.83. The van der Waals surface area contributed by atoms with Crippen LogP contribution in [0.1, 0.15) is 24.2 Å². The second-order valence-corrected chi connectivity index (χ2v) is 7.60. The number of rotatable bonds is 8. The normalized spacial score (nSPS) is 16.1. The molecule has 0 aliphatic carbocycles. The van der Waals surface area contributed by atoms with Crippen LogP contribution in [0.5, 0.6) is 0 Å². The summed E-state index contributed by atoms with van der Waals surface area (Å²) in [6.07, 6.45) is 6.79. The van der Waals surface area contributed by atoms with Gasteiger partial charge in [-0.05, 0) is 37.1 Å². The summed E-state index contributed by atoms with van der Waals surface area (Å²) in [5, 5.41) is 16.0. The molecule has 3 heterocycles. The van der Waals surface area contributed by atoms with Gasteiger partial charge in [-0.2, -0.15) is 5.26 Å². The molecular weight excluding hydrogens is 408 g/mol. The summed E-state index contributed by atoms with van der Waals surface area (Å²) in [6.45, 7) is 1.49. The lowest BCUT2D eigenvalue weighted by molar-refractivity contribution is -0.122. The van der Waals surface area contributed by atoms with Crippen LogP contribution in [0.25, 0.3) is 17.0 Å². The highest BCUT2D eigenvalue weighted by Crippen LogP contribution is 2.24. The van der Waals surface area contributed by atoms with E-state index < -0.39 is 5.91 Å². The summed E-state index contributed by atoms with van der Waals surface area (Å²) in [7, 11) is 0. The average Bonchev–Trinajstić information content (AvgIpc) is 3.57. The number of hydrogen-bond donors (Lipinski definition) is 2. The Labute approximate surface area is 185 Å². The van der Waals surface area contributed by atoms with Gasteiger partial charge in [0.05, 0.1) is 18.9 Å². The van der Waals surface area contributed by atoms with E-state index in [1.54, 1.807) is 35.2 Å². The standard InChI is InChI=1S/C24H24N4O4/c25-12-17(24(30)27-14-20-6-4-10-32-20)11-18-15-28(22-8-2-1-7-21(18)22)16-23(29)26-13-19-5-3-9-31-19/h1-3,5,7-9,11,15,20H,4,6,10,13-14,16H2,(H,26,29)(H,27,30)/b17-11+/t20-/m0/s1. The van der Waals surface area contributed by atoms with E-state index in [1.807, 2.05) is 30.3 Å². The molecule has 32 heavy (non-hydrogen) atoms. The largest absolute Gasteiger partial charge is 0.467 e. The number of furan rings is 1. The van der Waals surface area contributed by atoms with Crippen molar-refractivity contribution in [2.24, 2.45) is 0 Å². The fourth-order valence-electron chi connectivity index (χ4n) is 3.74. The first kappa shape index (κ1) is 21.4. The van der Waals surface area contributed by atoms with Crippen LogP contribution in [0.4, 0.5) is 0 Å². The van der Waals surface area contributed by atoms with E-state index in [0.717, 1.165) is 23.7 Å². The predicted molar refractivity (Wildman–Crippen MR) is 118 cm³/mol. The van der Waals surface area contributed by atoms with E-state index in [0.29, 0.717) is 31.0 Å². The molecule has 164 valence electrons. The van der Waals surface area contributed by atoms with Crippen LogP contribution in [0, 0.1) is 11.3 Å². The third-order valence-electron chi connectivity index (χ3n) is 5.35. The number of hydrogen-bond acceptors (Lipinski definition) is 5. The van der Waals surface area contributed by atoms with Gasteiger partial charge in [-0.15, -0.1) is 0 Å². The van der Waals surface area contributed by atoms with E-state index in [-0.39, 0.29) is 24.1 Å². The van der Waals surface area contributed by atoms with Crippen LogP contribution in [0.15, 0.2) is 58.8 Å². The number of amides is 2. The number of para-hydroxylation sites is 1. The van der Waals surface area contributed by atoms with Crippen LogP contribution in [0.2, 0.25) is 0 Å². The monoisotopic (exact) mass is 432 g/mol. The number of carbonyl (C=O) groups is 2. The first-order valence-electron chi connectivity index (χ1n) is 10.5. The first-order chi connectivity index (χ1) is 15.6. The molecule has 4 rings (SSSR count). The zero-order valence-electron chi connectivity index (χ0n) is 17.5. The van der Waals surface area contributed by atoms with Gasteiger partial charge in [0, 0.05) is 35.8 Å². The smallest absolute Gasteiger partial charge is 0.262 e. The molecule has 2 N–H and O–H groups in total. The van der Waals surface area contributed by atoms with Gasteiger partial charge in [-0.1, -0.05) is 18.2 Å². The van der Waals surface area contributed by atoms with Gasteiger partial charge in [0.2, 0.25) is 5.91 Å². The summed E-state index contributed by atoms with van der Waals surface area (Å²) in [5.74, 6) is 0.0653. The van der Waals surface area contributed by atoms with Crippen molar-refractivity contribution in [3.05, 3.63) is 65.8 Å². The molecule has 0 unspecified atom stereocenters. The van der Waals surface area contributed by atoms with Gasteiger partial charge in [-0.25, -0.2) is 0 Å². The van der Waals surface area contributed by atoms with Crippen LogP contribution >= 0.6 is 0 Å². The van der Waals surface area contributed by atoms with Crippen molar-refractivity contribution in [3.63, 3.8) is 0 Å². The Morgan fingerprint density at radius 2 is 2.09 bits per heavy atom. The third-order valence-corrected chi connectivity index (χ3v) is 5.35. The minimum Gasteiger partial charge on any atom is -0.467 e. The summed E-state index contributed by atoms with van der Waals surface area (Å²) >= 11 is 0. The average molecular weight is 432 g/mol. The van der Waals surface area contributed by atoms with E-state index in [9.17, 15) is 14.9 Å². The van der Waals surface area contributed by atoms with Gasteiger partial charge in [0.25, 0.3) is 5.91 Å². The SMILES string of the molecule is N#C/C(=C\c1cn(CC(=O)NCc2ccco2)c2ccccc12)C(=O)NC[C@@H]1CCCO1. The summed E-state index contributed by atoms with van der Waals surface area (Å²) in [4.78, 5) is 25.0. The number of ether oxygens (including phenoxy) is 1. The minimum atomic E-state index is -0.434. The molecule has 3 aromatic rings. The molecule has 2 amide bonds. The molecule has 0 radical (unpaired) electrons. The Balaban J connectivity index is 1.49. The Morgan fingerprint density at radius 1 is 1.22 bits per heavy atom. The lowest BCUT2D eigenvalue weighted by Crippen LogP contribution is -2.32. The van der Waals surface area contributed by atoms with Crippen LogP contribution in [-0.4, -0.2) is 35.6 Å². The van der Waals surface area contributed by atoms with Crippen molar-refractivity contribution in [3.8, 4) is 6.07 Å². The van der Waals surface area contributed by atoms with Crippen molar-refractivity contribution in [2.45, 2.75) is 32.0 Å². The van der Waals surface area contributed by atoms with Crippen molar-refractivity contribution in [1.82, 2.24) is 15.2 Å². The second kappa shape index (κ2) is 9.98. The van der Waals surface area contributed by atoms with Gasteiger partial charge in [0.1, 0.15) is 23.9 Å². The van der Waals surface area contributed by atoms with Crippen LogP contribution in [-0.2, 0) is 27.4 Å². The fourth-order valence-corrected chi connectivity index (χ4v) is 3.74. The number of fused-ring (bicyclic) bond motifs is 1. The molecule has 8 nitrogen and oxygen atoms in total. The first-order valence-corrected chi connectivity index (χ1v) is 10.5. The number of nitrogens with one attached hydrogen (secondary N) is 2. The molecule has 1 aromatic carbocycles. The lowest BCUT2D eigenvalue weighted by atomic mass is 10.1. The van der Waals surface area contributed by atoms with Crippen molar-refractivity contribution < 1.29 is 18.7 Å². The maximum atomic E-state index is 12.5. The molecule has 2 aromatic heterocycles. The highest BCUT2D eigenvalue weighted by atomic mass is 16.5. The van der Waals surface area contributed by atoms with Crippen molar-refractivity contribution in [2.75, 3.05) is 13.2 Å². The van der Waals surface area contributed by atoms with Crippen LogP contribution < -0.4 is 10.6 Å². The maximum absolute atomic E-state index is 12.5. The van der Waals surface area contributed by atoms with Gasteiger partial charge in [0.15, 0.2) is 0 Å². The Bertz CT molecular complexity index is 1160. The highest BCUT2D eigenvalue weighted by molar-refractivity contribution is 6.04. The van der Waals surface area contributed by atoms with Crippen LogP contribution in [0.3, 0.4) is 0 Å². The van der Waals surface area contributed by atoms with Crippen molar-refractivity contribution in [1.29, 1.82) is 5.26 Å². The highest BCUT2D eigenvalue weighted by Gasteiger charge is 2.18. The lowest BCUT2D eigenvalue weighted by Gasteiger charge is -2.10. The van der Waals surface area contributed by atoms with E-state index in [2.05, 4.69) is 10.6 Å². The number of benzene rings is 1. The van der Waals surface area contributed by atoms with Crippen molar-refractivity contribution >= 4 is 28.8 Å². The number of nitriles is 1. The zero-order valence-corrected chi connectivity index (χ0v) is 17.5. The predicted octanol–water partition coefficient (Wildman–Crippen LogP) is 2.75. The van der Waals surface area contributed by atoms with Gasteiger partial charge >= 0.3 is 0 Å². The topological polar surface area (TPSA) is 109 Å². The maximum Gasteiger partial charge on any atom is 0.262 e. The summed E-state index contributed by atoms with van der Waals surface area (Å²) in [5.41, 5.74) is 1.54. The van der Waals surface area contributed by atoms with E-state index in [1.165, 1.54) is 0 Å². The molecule has 1 aliphatic rings. The van der Waals surface area contributed by atoms with E-state index in [4.69, 9.17) is 9.15 Å². The van der Waals surface area contributed by atoms with Gasteiger partial charge < -0.3 is 24.4 Å². The minimum absolute atomic E-state index is 0.000459. The molecule has 0 spiro atoms. The molecule has 8 heteroatoms. The van der Waals surface area contributed by atoms with E-state index >= 15 is 0 Å². The Kier molecular flexibility index (Phi) is 6.68. The number of nitrogens with zero attached hydrogens (tertiary/aromatic N) is 2. The summed E-state index contributed by atoms with van der Waals surface area (Å²) < 4.78 is 12.5. The molecule has 1 atom stereocenters. The third kappa shape index (κ3) is 5.07. The fraction of sp³-hybridized carbons (Fsp3) is 0.292. The zero-order chi connectivity index (χ0) is 22.3. The molecule has 0 saturated carbocycles. The number of carbonyl (C=O) groups excluding carboxylic acids is 2.